The molecule has 0 atom stereocenters. The Kier molecular flexibility index (Phi) is 13.3. The van der Waals surface area contributed by atoms with Gasteiger partial charge in [0.15, 0.2) is 5.90 Å². The van der Waals surface area contributed by atoms with Gasteiger partial charge >= 0.3 is 12.1 Å². The van der Waals surface area contributed by atoms with Crippen LogP contribution in [0.5, 0.6) is 5.75 Å². The smallest absolute Gasteiger partial charge is 0.446 e. The predicted octanol–water partition coefficient (Wildman–Crippen LogP) is 5.28. The molecule has 1 heterocycles. The lowest BCUT2D eigenvalue weighted by Crippen LogP contribution is -2.30. The van der Waals surface area contributed by atoms with Crippen molar-refractivity contribution in [2.75, 3.05) is 32.9 Å². The summed E-state index contributed by atoms with van der Waals surface area (Å²) in [5, 5.41) is 3.81. The maximum absolute atomic E-state index is 12.2. The summed E-state index contributed by atoms with van der Waals surface area (Å²) in [7, 11) is 0. The minimum absolute atomic E-state index is 0.272. The number of alkyl halides is 3. The second-order valence-electron chi connectivity index (χ2n) is 7.81. The molecule has 2 rings (SSSR count). The third kappa shape index (κ3) is 11.3. The summed E-state index contributed by atoms with van der Waals surface area (Å²) in [5.74, 6) is 0.934. The van der Waals surface area contributed by atoms with Crippen molar-refractivity contribution in [2.24, 2.45) is 4.99 Å². The predicted molar refractivity (Wildman–Crippen MR) is 133 cm³/mol. The molecule has 0 radical (unpaired) electrons. The molecule has 1 aliphatic heterocycles. The van der Waals surface area contributed by atoms with Gasteiger partial charge < -0.3 is 19.5 Å². The molecule has 11 heteroatoms. The molecule has 0 unspecified atom stereocenters. The first-order valence-corrected chi connectivity index (χ1v) is 11.6. The standard InChI is InChI=1S/C23H31ClN2O4.C2HF3O/c1-6-28-23(27)20-14-25-8-7-19(20)17(4)13-26-18(5)29-9-10-30-22-16(3)11-15(2)12-21(22)24;3-2(4,5)1-6/h11-13,25H,6-10,14H2,1-5H3;1H/b17-13+,26-18?;. The molecule has 7 nitrogen and oxygen atoms in total. The average molecular weight is 533 g/mol. The van der Waals surface area contributed by atoms with Crippen molar-refractivity contribution in [1.29, 1.82) is 0 Å². The number of esters is 1. The lowest BCUT2D eigenvalue weighted by molar-refractivity contribution is -0.156. The zero-order valence-corrected chi connectivity index (χ0v) is 21.8. The number of aldehydes is 1. The van der Waals surface area contributed by atoms with Crippen molar-refractivity contribution in [3.63, 3.8) is 0 Å². The molecule has 1 aliphatic rings. The lowest BCUT2D eigenvalue weighted by Gasteiger charge is -2.20. The molecule has 0 bridgehead atoms. The number of nitrogens with one attached hydrogen (secondary N) is 1. The van der Waals surface area contributed by atoms with E-state index < -0.39 is 12.5 Å². The van der Waals surface area contributed by atoms with Gasteiger partial charge in [-0.05, 0) is 69.0 Å². The molecule has 0 aromatic heterocycles. The van der Waals surface area contributed by atoms with Crippen LogP contribution in [-0.4, -0.2) is 57.2 Å². The Morgan fingerprint density at radius 2 is 1.83 bits per heavy atom. The highest BCUT2D eigenvalue weighted by molar-refractivity contribution is 6.32. The number of benzene rings is 1. The van der Waals surface area contributed by atoms with Crippen LogP contribution < -0.4 is 10.1 Å². The molecular formula is C25H32ClF3N2O5. The van der Waals surface area contributed by atoms with Crippen LogP contribution in [0.25, 0.3) is 0 Å². The monoisotopic (exact) mass is 532 g/mol. The fraction of sp³-hybridized carbons (Fsp3) is 0.480. The topological polar surface area (TPSA) is 86.2 Å². The molecule has 1 aromatic carbocycles. The van der Waals surface area contributed by atoms with Crippen molar-refractivity contribution in [1.82, 2.24) is 5.32 Å². The minimum Gasteiger partial charge on any atom is -0.488 e. The second-order valence-corrected chi connectivity index (χ2v) is 8.22. The van der Waals surface area contributed by atoms with Crippen LogP contribution in [-0.2, 0) is 19.1 Å². The van der Waals surface area contributed by atoms with E-state index in [1.807, 2.05) is 32.9 Å². The highest BCUT2D eigenvalue weighted by Gasteiger charge is 2.25. The Bertz CT molecular complexity index is 981. The van der Waals surface area contributed by atoms with E-state index >= 15 is 0 Å². The van der Waals surface area contributed by atoms with E-state index in [2.05, 4.69) is 10.3 Å². The van der Waals surface area contributed by atoms with Crippen LogP contribution in [0.3, 0.4) is 0 Å². The Labute approximate surface area is 214 Å². The lowest BCUT2D eigenvalue weighted by atomic mass is 9.95. The molecule has 1 aromatic rings. The Balaban J connectivity index is 0.000000960. The number of carbonyl (C=O) groups is 2. The molecule has 0 spiro atoms. The zero-order chi connectivity index (χ0) is 27.3. The fourth-order valence-electron chi connectivity index (χ4n) is 3.25. The molecule has 0 aliphatic carbocycles. The van der Waals surface area contributed by atoms with Crippen LogP contribution in [0, 0.1) is 13.8 Å². The van der Waals surface area contributed by atoms with Crippen LogP contribution in [0.1, 0.15) is 38.3 Å². The number of hydrogen-bond donors (Lipinski definition) is 1. The highest BCUT2D eigenvalue weighted by atomic mass is 35.5. The minimum atomic E-state index is -4.64. The summed E-state index contributed by atoms with van der Waals surface area (Å²) < 4.78 is 47.8. The summed E-state index contributed by atoms with van der Waals surface area (Å²) in [6, 6.07) is 3.91. The number of ether oxygens (including phenoxy) is 3. The third-order valence-corrected chi connectivity index (χ3v) is 5.08. The number of aliphatic imine (C=N–C) groups is 1. The van der Waals surface area contributed by atoms with Gasteiger partial charge in [0.1, 0.15) is 19.0 Å². The number of carbonyl (C=O) groups excluding carboxylic acids is 2. The SMILES string of the molecule is CCOC(=O)C1=C(/C(C)=C/N=C(C)OCCOc2c(C)cc(C)cc2Cl)CCNC1.O=CC(F)(F)F. The fourth-order valence-corrected chi connectivity index (χ4v) is 3.63. The van der Waals surface area contributed by atoms with E-state index in [0.29, 0.717) is 48.6 Å². The Morgan fingerprint density at radius 3 is 2.42 bits per heavy atom. The van der Waals surface area contributed by atoms with Gasteiger partial charge in [0, 0.05) is 19.7 Å². The third-order valence-electron chi connectivity index (χ3n) is 4.80. The van der Waals surface area contributed by atoms with Crippen molar-refractivity contribution >= 4 is 29.8 Å². The summed E-state index contributed by atoms with van der Waals surface area (Å²) in [4.78, 5) is 25.3. The maximum atomic E-state index is 12.2. The van der Waals surface area contributed by atoms with E-state index in [4.69, 9.17) is 30.6 Å². The Hall–Kier alpha value is -2.85. The number of allylic oxidation sites excluding steroid dienone is 1. The first-order valence-electron chi connectivity index (χ1n) is 11.3. The first-order chi connectivity index (χ1) is 16.9. The van der Waals surface area contributed by atoms with E-state index in [9.17, 15) is 18.0 Å². The summed E-state index contributed by atoms with van der Waals surface area (Å²) in [6.45, 7) is 11.9. The molecule has 0 saturated carbocycles. The normalized spacial score (nSPS) is 14.6. The van der Waals surface area contributed by atoms with Gasteiger partial charge in [-0.25, -0.2) is 9.79 Å². The molecular weight excluding hydrogens is 501 g/mol. The number of hydrogen-bond acceptors (Lipinski definition) is 7. The van der Waals surface area contributed by atoms with Gasteiger partial charge in [-0.2, -0.15) is 13.2 Å². The van der Waals surface area contributed by atoms with Gasteiger partial charge in [-0.15, -0.1) is 0 Å². The molecule has 36 heavy (non-hydrogen) atoms. The van der Waals surface area contributed by atoms with E-state index in [1.54, 1.807) is 20.0 Å². The summed E-state index contributed by atoms with van der Waals surface area (Å²) >= 11 is 6.25. The van der Waals surface area contributed by atoms with Gasteiger partial charge in [-0.3, -0.25) is 4.79 Å². The van der Waals surface area contributed by atoms with Gasteiger partial charge in [0.2, 0.25) is 6.29 Å². The van der Waals surface area contributed by atoms with E-state index in [-0.39, 0.29) is 5.97 Å². The summed E-state index contributed by atoms with van der Waals surface area (Å²) in [6.07, 6.45) is -3.21. The van der Waals surface area contributed by atoms with Crippen molar-refractivity contribution < 1.29 is 37.0 Å². The quantitative estimate of drug-likeness (QED) is 0.161. The number of aryl methyl sites for hydroxylation is 2. The molecule has 0 amide bonds. The van der Waals surface area contributed by atoms with Crippen LogP contribution >= 0.6 is 11.6 Å². The van der Waals surface area contributed by atoms with E-state index in [1.165, 1.54) is 0 Å². The summed E-state index contributed by atoms with van der Waals surface area (Å²) in [5.41, 5.74) is 4.68. The first kappa shape index (κ1) is 31.2. The van der Waals surface area contributed by atoms with Crippen LogP contribution in [0.4, 0.5) is 13.2 Å². The maximum Gasteiger partial charge on any atom is 0.446 e. The van der Waals surface area contributed by atoms with Crippen LogP contribution in [0.2, 0.25) is 5.02 Å². The van der Waals surface area contributed by atoms with Gasteiger partial charge in [0.05, 0.1) is 17.2 Å². The molecule has 0 saturated heterocycles. The van der Waals surface area contributed by atoms with Crippen LogP contribution in [0.15, 0.2) is 40.0 Å². The van der Waals surface area contributed by atoms with Crippen molar-refractivity contribution in [3.8, 4) is 5.75 Å². The van der Waals surface area contributed by atoms with Crippen molar-refractivity contribution in [3.05, 3.63) is 51.2 Å². The van der Waals surface area contributed by atoms with Crippen molar-refractivity contribution in [2.45, 2.75) is 47.2 Å². The van der Waals surface area contributed by atoms with E-state index in [0.717, 1.165) is 35.2 Å². The highest BCUT2D eigenvalue weighted by Crippen LogP contribution is 2.29. The second kappa shape index (κ2) is 15.3. The zero-order valence-electron chi connectivity index (χ0n) is 21.1. The molecule has 200 valence electrons. The molecule has 1 N–H and O–H groups in total. The number of halogens is 4. The number of rotatable bonds is 8. The van der Waals surface area contributed by atoms with Gasteiger partial charge in [0.25, 0.3) is 0 Å². The molecule has 0 fully saturated rings. The number of nitrogens with zero attached hydrogens (tertiary/aromatic N) is 1. The average Bonchev–Trinajstić information content (AvgIpc) is 2.81. The van der Waals surface area contributed by atoms with Gasteiger partial charge in [-0.1, -0.05) is 17.7 Å². The largest absolute Gasteiger partial charge is 0.488 e. The Morgan fingerprint density at radius 1 is 1.17 bits per heavy atom.